The van der Waals surface area contributed by atoms with E-state index < -0.39 is 16.0 Å². The average Bonchev–Trinajstić information content (AvgIpc) is 2.45. The number of hydrogen-bond donors (Lipinski definition) is 3. The van der Waals surface area contributed by atoms with Crippen molar-refractivity contribution in [2.24, 2.45) is 0 Å². The summed E-state index contributed by atoms with van der Waals surface area (Å²) in [6, 6.07) is 0. The van der Waals surface area contributed by atoms with Crippen molar-refractivity contribution in [3.05, 3.63) is 16.8 Å². The van der Waals surface area contributed by atoms with Gasteiger partial charge in [0.15, 0.2) is 5.82 Å². The van der Waals surface area contributed by atoms with Crippen LogP contribution >= 0.6 is 0 Å². The summed E-state index contributed by atoms with van der Waals surface area (Å²) in [4.78, 5) is 11.4. The van der Waals surface area contributed by atoms with Gasteiger partial charge < -0.3 is 10.4 Å². The third kappa shape index (κ3) is 4.36. The number of aryl methyl sites for hydroxylation is 1. The maximum absolute atomic E-state index is 11.4. The van der Waals surface area contributed by atoms with Crippen molar-refractivity contribution >= 4 is 21.8 Å². The summed E-state index contributed by atoms with van der Waals surface area (Å²) in [7, 11) is -2.04. The number of carboxylic acids is 1. The molecular weight excluding hydrogens is 296 g/mol. The van der Waals surface area contributed by atoms with Gasteiger partial charge >= 0.3 is 5.97 Å². The Morgan fingerprint density at radius 1 is 1.24 bits per heavy atom. The number of anilines is 1. The van der Waals surface area contributed by atoms with Gasteiger partial charge in [-0.15, -0.1) is 5.10 Å². The summed E-state index contributed by atoms with van der Waals surface area (Å²) in [5.74, 6) is -1.18. The van der Waals surface area contributed by atoms with Gasteiger partial charge in [-0.25, -0.2) is 17.9 Å². The highest BCUT2D eigenvalue weighted by atomic mass is 32.2. The fourth-order valence-corrected chi connectivity index (χ4v) is 2.51. The van der Waals surface area contributed by atoms with Crippen molar-refractivity contribution in [2.45, 2.75) is 26.7 Å². The fourth-order valence-electron chi connectivity index (χ4n) is 1.93. The van der Waals surface area contributed by atoms with Crippen molar-refractivity contribution < 1.29 is 18.3 Å². The molecule has 0 aliphatic heterocycles. The number of rotatable bonds is 8. The van der Waals surface area contributed by atoms with Gasteiger partial charge in [-0.1, -0.05) is 13.8 Å². The van der Waals surface area contributed by atoms with Crippen molar-refractivity contribution in [2.75, 3.05) is 24.7 Å². The molecule has 0 spiro atoms. The molecular formula is C12H20N4O4S. The molecule has 0 aliphatic rings. The molecule has 0 saturated heterocycles. The number of carbonyl (C=O) groups is 1. The van der Waals surface area contributed by atoms with Gasteiger partial charge in [-0.05, 0) is 25.5 Å². The second-order valence-corrected chi connectivity index (χ2v) is 6.36. The minimum Gasteiger partial charge on any atom is -0.478 e. The van der Waals surface area contributed by atoms with E-state index in [9.17, 15) is 18.3 Å². The smallest absolute Gasteiger partial charge is 0.339 e. The number of nitrogens with one attached hydrogen (secondary N) is 2. The summed E-state index contributed by atoms with van der Waals surface area (Å²) in [5.41, 5.74) is 1.33. The van der Waals surface area contributed by atoms with Crippen LogP contribution < -0.4 is 10.0 Å². The summed E-state index contributed by atoms with van der Waals surface area (Å²) in [6.07, 6.45) is 1.11. The molecule has 9 heteroatoms. The molecule has 0 atom stereocenters. The molecule has 1 heterocycles. The van der Waals surface area contributed by atoms with Crippen molar-refractivity contribution in [3.63, 3.8) is 0 Å². The van der Waals surface area contributed by atoms with E-state index >= 15 is 0 Å². The summed E-state index contributed by atoms with van der Waals surface area (Å²) >= 11 is 0. The standard InChI is InChI=1S/C12H20N4O4S/c1-4-8-9(5-2)15-16-11(10(8)12(17)18)14-6-7-21(19,20)13-3/h13H,4-7H2,1-3H3,(H,14,16)(H,17,18). The fraction of sp³-hybridized carbons (Fsp3) is 0.583. The molecule has 0 unspecified atom stereocenters. The Balaban J connectivity index is 3.05. The van der Waals surface area contributed by atoms with Crippen LogP contribution in [0.4, 0.5) is 5.82 Å². The highest BCUT2D eigenvalue weighted by Crippen LogP contribution is 2.20. The van der Waals surface area contributed by atoms with Crippen LogP contribution in [-0.2, 0) is 22.9 Å². The van der Waals surface area contributed by atoms with E-state index in [4.69, 9.17) is 0 Å². The average molecular weight is 316 g/mol. The van der Waals surface area contributed by atoms with Gasteiger partial charge in [-0.3, -0.25) is 0 Å². The largest absolute Gasteiger partial charge is 0.478 e. The molecule has 0 aliphatic carbocycles. The molecule has 0 aromatic carbocycles. The van der Waals surface area contributed by atoms with Crippen molar-refractivity contribution in [1.82, 2.24) is 14.9 Å². The molecule has 8 nitrogen and oxygen atoms in total. The Labute approximate surface area is 124 Å². The second-order valence-electron chi connectivity index (χ2n) is 4.31. The van der Waals surface area contributed by atoms with Crippen molar-refractivity contribution in [1.29, 1.82) is 0 Å². The van der Waals surface area contributed by atoms with Crippen LogP contribution in [-0.4, -0.2) is 49.0 Å². The van der Waals surface area contributed by atoms with E-state index in [2.05, 4.69) is 20.2 Å². The second kappa shape index (κ2) is 7.32. The van der Waals surface area contributed by atoms with E-state index in [1.54, 1.807) is 0 Å². The number of sulfonamides is 1. The molecule has 0 fully saturated rings. The molecule has 1 aromatic heterocycles. The maximum atomic E-state index is 11.4. The Morgan fingerprint density at radius 2 is 1.90 bits per heavy atom. The van der Waals surface area contributed by atoms with E-state index in [1.165, 1.54) is 7.05 Å². The third-order valence-corrected chi connectivity index (χ3v) is 4.40. The van der Waals surface area contributed by atoms with Gasteiger partial charge in [0.1, 0.15) is 5.56 Å². The van der Waals surface area contributed by atoms with Crippen LogP contribution in [0.5, 0.6) is 0 Å². The number of aromatic nitrogens is 2. The monoisotopic (exact) mass is 316 g/mol. The first-order chi connectivity index (χ1) is 9.86. The zero-order valence-corrected chi connectivity index (χ0v) is 13.1. The molecule has 0 saturated carbocycles. The maximum Gasteiger partial charge on any atom is 0.339 e. The molecule has 1 aromatic rings. The number of hydrogen-bond acceptors (Lipinski definition) is 6. The van der Waals surface area contributed by atoms with Gasteiger partial charge in [-0.2, -0.15) is 5.10 Å². The highest BCUT2D eigenvalue weighted by Gasteiger charge is 2.20. The molecule has 21 heavy (non-hydrogen) atoms. The van der Waals surface area contributed by atoms with Crippen LogP contribution in [0.2, 0.25) is 0 Å². The van der Waals surface area contributed by atoms with E-state index in [0.717, 1.165) is 0 Å². The first-order valence-corrected chi connectivity index (χ1v) is 8.28. The molecule has 1 rings (SSSR count). The first kappa shape index (κ1) is 17.3. The lowest BCUT2D eigenvalue weighted by molar-refractivity contribution is 0.0696. The zero-order chi connectivity index (χ0) is 16.0. The van der Waals surface area contributed by atoms with E-state index in [1.807, 2.05) is 13.8 Å². The Bertz CT molecular complexity index is 616. The molecule has 0 radical (unpaired) electrons. The Hall–Kier alpha value is -1.74. The van der Waals surface area contributed by atoms with E-state index in [-0.39, 0.29) is 23.7 Å². The predicted molar refractivity (Wildman–Crippen MR) is 79.1 cm³/mol. The number of nitrogens with zero attached hydrogens (tertiary/aromatic N) is 2. The van der Waals surface area contributed by atoms with Crippen molar-refractivity contribution in [3.8, 4) is 0 Å². The summed E-state index contributed by atoms with van der Waals surface area (Å²) < 4.78 is 24.8. The number of aromatic carboxylic acids is 1. The molecule has 0 bridgehead atoms. The van der Waals surface area contributed by atoms with Crippen LogP contribution in [0.25, 0.3) is 0 Å². The lowest BCUT2D eigenvalue weighted by atomic mass is 10.0. The number of carboxylic acid groups (broad SMARTS) is 1. The minimum absolute atomic E-state index is 0.0484. The van der Waals surface area contributed by atoms with Crippen LogP contribution in [0, 0.1) is 0 Å². The van der Waals surface area contributed by atoms with Gasteiger partial charge in [0, 0.05) is 6.54 Å². The van der Waals surface area contributed by atoms with Gasteiger partial charge in [0.2, 0.25) is 10.0 Å². The van der Waals surface area contributed by atoms with Crippen LogP contribution in [0.15, 0.2) is 0 Å². The van der Waals surface area contributed by atoms with Gasteiger partial charge in [0.25, 0.3) is 0 Å². The zero-order valence-electron chi connectivity index (χ0n) is 12.3. The molecule has 3 N–H and O–H groups in total. The third-order valence-electron chi connectivity index (χ3n) is 3.03. The lowest BCUT2D eigenvalue weighted by Crippen LogP contribution is -2.27. The quantitative estimate of drug-likeness (QED) is 0.629. The van der Waals surface area contributed by atoms with E-state index in [0.29, 0.717) is 24.1 Å². The summed E-state index contributed by atoms with van der Waals surface area (Å²) in [5, 5.41) is 20.0. The topological polar surface area (TPSA) is 121 Å². The predicted octanol–water partition coefficient (Wildman–Crippen LogP) is 0.261. The lowest BCUT2D eigenvalue weighted by Gasteiger charge is -2.13. The highest BCUT2D eigenvalue weighted by molar-refractivity contribution is 7.89. The normalized spacial score (nSPS) is 11.4. The first-order valence-electron chi connectivity index (χ1n) is 6.63. The SMILES string of the molecule is CCc1nnc(NCCS(=O)(=O)NC)c(C(=O)O)c1CC. The Morgan fingerprint density at radius 3 is 2.38 bits per heavy atom. The Kier molecular flexibility index (Phi) is 6.03. The molecule has 118 valence electrons. The van der Waals surface area contributed by atoms with Crippen LogP contribution in [0.3, 0.4) is 0 Å². The van der Waals surface area contributed by atoms with Crippen LogP contribution in [0.1, 0.15) is 35.5 Å². The van der Waals surface area contributed by atoms with Gasteiger partial charge in [0.05, 0.1) is 11.4 Å². The minimum atomic E-state index is -3.36. The summed E-state index contributed by atoms with van der Waals surface area (Å²) in [6.45, 7) is 3.77. The molecule has 0 amide bonds.